The lowest BCUT2D eigenvalue weighted by Crippen LogP contribution is -2.50. The van der Waals surface area contributed by atoms with Gasteiger partial charge in [0.25, 0.3) is 0 Å². The van der Waals surface area contributed by atoms with Gasteiger partial charge in [0.05, 0.1) is 0 Å². The van der Waals surface area contributed by atoms with Gasteiger partial charge in [-0.1, -0.05) is 62.2 Å². The van der Waals surface area contributed by atoms with E-state index < -0.39 is 8.80 Å². The molecule has 0 bridgehead atoms. The van der Waals surface area contributed by atoms with Gasteiger partial charge in [0, 0.05) is 17.9 Å². The van der Waals surface area contributed by atoms with Crippen LogP contribution in [0.3, 0.4) is 0 Å². The fourth-order valence-electron chi connectivity index (χ4n) is 3.17. The van der Waals surface area contributed by atoms with E-state index in [9.17, 15) is 0 Å². The average Bonchev–Trinajstić information content (AvgIpc) is 2.51. The lowest BCUT2D eigenvalue weighted by atomic mass is 10.2. The molecule has 0 fully saturated rings. The van der Waals surface area contributed by atoms with Crippen molar-refractivity contribution in [1.29, 1.82) is 0 Å². The summed E-state index contributed by atoms with van der Waals surface area (Å²) in [5.74, 6) is 0. The van der Waals surface area contributed by atoms with Gasteiger partial charge >= 0.3 is 0 Å². The lowest BCUT2D eigenvalue weighted by molar-refractivity contribution is 0.877. The summed E-state index contributed by atoms with van der Waals surface area (Å²) in [6, 6.07) is 19.4. The van der Waals surface area contributed by atoms with Crippen molar-refractivity contribution in [1.82, 2.24) is 0 Å². The maximum absolute atomic E-state index is 2.48. The van der Waals surface area contributed by atoms with Crippen LogP contribution in [0.4, 0.5) is 11.4 Å². The van der Waals surface area contributed by atoms with Crippen LogP contribution in [0.25, 0.3) is 0 Å². The van der Waals surface area contributed by atoms with Crippen LogP contribution in [-0.4, -0.2) is 15.3 Å². The van der Waals surface area contributed by atoms with E-state index in [1.807, 2.05) is 0 Å². The van der Waals surface area contributed by atoms with E-state index in [2.05, 4.69) is 67.3 Å². The van der Waals surface area contributed by atoms with Gasteiger partial charge in [-0.3, -0.25) is 0 Å². The van der Waals surface area contributed by atoms with Gasteiger partial charge in [-0.15, -0.1) is 0 Å². The van der Waals surface area contributed by atoms with E-state index in [1.165, 1.54) is 30.3 Å². The molecule has 0 N–H and O–H groups in total. The van der Waals surface area contributed by atoms with Crippen molar-refractivity contribution < 1.29 is 0 Å². The molecule has 3 rings (SSSR count). The van der Waals surface area contributed by atoms with Crippen LogP contribution in [0, 0.1) is 0 Å². The third-order valence-electron chi connectivity index (χ3n) is 4.14. The highest BCUT2D eigenvalue weighted by atomic mass is 28.3. The van der Waals surface area contributed by atoms with Crippen LogP contribution in [0.15, 0.2) is 48.5 Å². The molecule has 1 radical (unpaired) electrons. The van der Waals surface area contributed by atoms with Crippen molar-refractivity contribution in [2.45, 2.75) is 32.7 Å². The molecule has 2 aromatic carbocycles. The normalized spacial score (nSPS) is 14.0. The first-order chi connectivity index (χ1) is 9.86. The zero-order chi connectivity index (χ0) is 13.9. The van der Waals surface area contributed by atoms with Gasteiger partial charge in [-0.2, -0.15) is 0 Å². The highest BCUT2D eigenvalue weighted by molar-refractivity contribution is 6.88. The third-order valence-corrected chi connectivity index (χ3v) is 7.14. The van der Waals surface area contributed by atoms with Crippen LogP contribution < -0.4 is 15.3 Å². The summed E-state index contributed by atoms with van der Waals surface area (Å²) < 4.78 is 0. The second kappa shape index (κ2) is 5.84. The van der Waals surface area contributed by atoms with Crippen molar-refractivity contribution in [2.24, 2.45) is 0 Å². The Hall–Kier alpha value is -1.54. The first kappa shape index (κ1) is 13.4. The van der Waals surface area contributed by atoms with E-state index in [1.54, 1.807) is 10.4 Å². The standard InChI is InChI=1S/C18H22NSi/c1-3-5-14-20-17-12-8-6-10-15(17)19(4-2)16-11-7-9-13-18(16)20/h6-13H,3-5,14H2,1-2H3. The molecule has 0 unspecified atom stereocenters. The van der Waals surface area contributed by atoms with Gasteiger partial charge in [0.2, 0.25) is 0 Å². The summed E-state index contributed by atoms with van der Waals surface area (Å²) >= 11 is 0. The number of fused-ring (bicyclic) bond motifs is 2. The van der Waals surface area contributed by atoms with Crippen molar-refractivity contribution in [3.63, 3.8) is 0 Å². The van der Waals surface area contributed by atoms with Crippen molar-refractivity contribution in [3.05, 3.63) is 48.5 Å². The number of nitrogens with zero attached hydrogens (tertiary/aromatic N) is 1. The summed E-state index contributed by atoms with van der Waals surface area (Å²) in [5.41, 5.74) is 2.89. The summed E-state index contributed by atoms with van der Waals surface area (Å²) in [6.45, 7) is 5.58. The van der Waals surface area contributed by atoms with Gasteiger partial charge < -0.3 is 4.90 Å². The molecule has 1 aliphatic rings. The van der Waals surface area contributed by atoms with Crippen LogP contribution in [-0.2, 0) is 0 Å². The zero-order valence-corrected chi connectivity index (χ0v) is 13.4. The Kier molecular flexibility index (Phi) is 3.92. The molecule has 1 aliphatic heterocycles. The maximum Gasteiger partial charge on any atom is 0.126 e. The quantitative estimate of drug-likeness (QED) is 0.774. The first-order valence-electron chi connectivity index (χ1n) is 7.69. The summed E-state index contributed by atoms with van der Waals surface area (Å²) in [5, 5.41) is 3.21. The predicted molar refractivity (Wildman–Crippen MR) is 90.3 cm³/mol. The maximum atomic E-state index is 2.48. The van der Waals surface area contributed by atoms with Gasteiger partial charge in [0.15, 0.2) is 0 Å². The van der Waals surface area contributed by atoms with E-state index >= 15 is 0 Å². The molecule has 20 heavy (non-hydrogen) atoms. The Balaban J connectivity index is 2.13. The largest absolute Gasteiger partial charge is 0.342 e. The van der Waals surface area contributed by atoms with E-state index in [0.29, 0.717) is 0 Å². The van der Waals surface area contributed by atoms with Gasteiger partial charge in [-0.05, 0) is 29.4 Å². The number of rotatable bonds is 4. The fourth-order valence-corrected chi connectivity index (χ4v) is 6.35. The number of hydrogen-bond acceptors (Lipinski definition) is 1. The summed E-state index contributed by atoms with van der Waals surface area (Å²) in [7, 11) is -0.608. The molecular weight excluding hydrogens is 258 g/mol. The van der Waals surface area contributed by atoms with Gasteiger partial charge in [-0.25, -0.2) is 0 Å². The smallest absolute Gasteiger partial charge is 0.126 e. The fraction of sp³-hybridized carbons (Fsp3) is 0.333. The topological polar surface area (TPSA) is 3.24 Å². The molecule has 0 amide bonds. The molecule has 1 heterocycles. The second-order valence-corrected chi connectivity index (χ2v) is 7.90. The van der Waals surface area contributed by atoms with Crippen molar-refractivity contribution >= 4 is 30.5 Å². The zero-order valence-electron chi connectivity index (χ0n) is 12.4. The Bertz CT molecular complexity index is 546. The molecule has 1 nitrogen and oxygen atoms in total. The molecule has 0 aliphatic carbocycles. The Labute approximate surface area is 123 Å². The molecule has 0 aromatic heterocycles. The monoisotopic (exact) mass is 280 g/mol. The number of benzene rings is 2. The molecule has 2 aromatic rings. The minimum Gasteiger partial charge on any atom is -0.342 e. The number of para-hydroxylation sites is 2. The van der Waals surface area contributed by atoms with Crippen LogP contribution in [0.1, 0.15) is 26.7 Å². The minimum atomic E-state index is -0.608. The molecule has 0 saturated heterocycles. The van der Waals surface area contributed by atoms with Crippen LogP contribution in [0.5, 0.6) is 0 Å². The SMILES string of the molecule is CCCC[Si]1c2ccccc2N(CC)c2ccccc21. The van der Waals surface area contributed by atoms with E-state index in [-0.39, 0.29) is 0 Å². The highest BCUT2D eigenvalue weighted by Crippen LogP contribution is 2.28. The lowest BCUT2D eigenvalue weighted by Gasteiger charge is -2.36. The molecule has 0 spiro atoms. The summed E-state index contributed by atoms with van der Waals surface area (Å²) in [6.07, 6.45) is 2.62. The highest BCUT2D eigenvalue weighted by Gasteiger charge is 2.30. The van der Waals surface area contributed by atoms with E-state index in [0.717, 1.165) is 6.54 Å². The Morgan fingerprint density at radius 3 is 1.90 bits per heavy atom. The molecule has 2 heteroatoms. The number of anilines is 2. The van der Waals surface area contributed by atoms with Crippen LogP contribution in [0.2, 0.25) is 6.04 Å². The predicted octanol–water partition coefficient (Wildman–Crippen LogP) is 3.57. The van der Waals surface area contributed by atoms with Crippen LogP contribution >= 0.6 is 0 Å². The molecule has 103 valence electrons. The van der Waals surface area contributed by atoms with Crippen molar-refractivity contribution in [3.8, 4) is 0 Å². The van der Waals surface area contributed by atoms with Crippen molar-refractivity contribution in [2.75, 3.05) is 11.4 Å². The third kappa shape index (κ3) is 2.18. The van der Waals surface area contributed by atoms with Gasteiger partial charge in [0.1, 0.15) is 8.80 Å². The number of hydrogen-bond donors (Lipinski definition) is 0. The molecule has 0 atom stereocenters. The molecule has 0 saturated carbocycles. The summed E-state index contributed by atoms with van der Waals surface area (Å²) in [4.78, 5) is 2.48. The Morgan fingerprint density at radius 1 is 0.850 bits per heavy atom. The van der Waals surface area contributed by atoms with E-state index in [4.69, 9.17) is 0 Å². The molecular formula is C18H22NSi. The Morgan fingerprint density at radius 2 is 1.40 bits per heavy atom. The number of unbranched alkanes of at least 4 members (excludes halogenated alkanes) is 1. The average molecular weight is 280 g/mol. The second-order valence-electron chi connectivity index (χ2n) is 5.36. The first-order valence-corrected chi connectivity index (χ1v) is 9.39. The minimum absolute atomic E-state index is 0.608.